The Kier molecular flexibility index (Phi) is 5.82. The zero-order chi connectivity index (χ0) is 18.0. The van der Waals surface area contributed by atoms with Crippen molar-refractivity contribution in [3.05, 3.63) is 0 Å². The third-order valence-electron chi connectivity index (χ3n) is 5.16. The lowest BCUT2D eigenvalue weighted by Gasteiger charge is -2.48. The van der Waals surface area contributed by atoms with E-state index < -0.39 is 0 Å². The highest BCUT2D eigenvalue weighted by Crippen LogP contribution is 2.39. The number of nitrogens with zero attached hydrogens (tertiary/aromatic N) is 2. The van der Waals surface area contributed by atoms with Crippen molar-refractivity contribution in [2.45, 2.75) is 72.3 Å². The number of nitrogens with one attached hydrogen (secondary N) is 1. The van der Waals surface area contributed by atoms with Crippen molar-refractivity contribution in [2.24, 2.45) is 11.3 Å². The second-order valence-corrected chi connectivity index (χ2v) is 9.20. The van der Waals surface area contributed by atoms with Gasteiger partial charge in [-0.15, -0.1) is 0 Å². The van der Waals surface area contributed by atoms with E-state index in [1.165, 1.54) is 0 Å². The molecule has 0 aliphatic carbocycles. The first-order valence-electron chi connectivity index (χ1n) is 9.45. The summed E-state index contributed by atoms with van der Waals surface area (Å²) < 4.78 is 0. The second kappa shape index (κ2) is 7.32. The maximum atomic E-state index is 12.5. The predicted molar refractivity (Wildman–Crippen MR) is 96.8 cm³/mol. The minimum absolute atomic E-state index is 0.0344. The molecule has 0 saturated carbocycles. The van der Waals surface area contributed by atoms with Crippen LogP contribution in [-0.2, 0) is 4.79 Å². The fraction of sp³-hybridized carbons (Fsp3) is 0.895. The van der Waals surface area contributed by atoms with Crippen LogP contribution >= 0.6 is 0 Å². The van der Waals surface area contributed by atoms with Crippen LogP contribution in [0.1, 0.15) is 66.7 Å². The number of hydrogen-bond donors (Lipinski definition) is 1. The second-order valence-electron chi connectivity index (χ2n) is 9.20. The highest BCUT2D eigenvalue weighted by atomic mass is 16.2. The van der Waals surface area contributed by atoms with Gasteiger partial charge in [-0.2, -0.15) is 0 Å². The summed E-state index contributed by atoms with van der Waals surface area (Å²) in [5, 5.41) is 3.08. The van der Waals surface area contributed by atoms with Gasteiger partial charge in [-0.05, 0) is 52.4 Å². The van der Waals surface area contributed by atoms with Crippen molar-refractivity contribution in [2.75, 3.05) is 26.2 Å². The Bertz CT molecular complexity index is 470. The summed E-state index contributed by atoms with van der Waals surface area (Å²) in [5.74, 6) is 0.897. The number of carbonyl (C=O) groups excluding carboxylic acids is 2. The number of likely N-dealkylation sites (tertiary alicyclic amines) is 2. The van der Waals surface area contributed by atoms with Crippen molar-refractivity contribution < 1.29 is 9.59 Å². The summed E-state index contributed by atoms with van der Waals surface area (Å²) in [4.78, 5) is 28.8. The third-order valence-corrected chi connectivity index (χ3v) is 5.16. The average Bonchev–Trinajstić information content (AvgIpc) is 2.47. The molecular weight excluding hydrogens is 302 g/mol. The summed E-state index contributed by atoms with van der Waals surface area (Å²) in [6, 6.07) is 0.0344. The minimum Gasteiger partial charge on any atom is -0.342 e. The van der Waals surface area contributed by atoms with Gasteiger partial charge < -0.3 is 15.1 Å². The van der Waals surface area contributed by atoms with Gasteiger partial charge in [-0.1, -0.05) is 13.8 Å². The van der Waals surface area contributed by atoms with Crippen molar-refractivity contribution >= 4 is 11.9 Å². The van der Waals surface area contributed by atoms with E-state index in [0.29, 0.717) is 12.3 Å². The topological polar surface area (TPSA) is 52.6 Å². The Hall–Kier alpha value is -1.26. The van der Waals surface area contributed by atoms with Crippen LogP contribution in [0.2, 0.25) is 0 Å². The first-order valence-corrected chi connectivity index (χ1v) is 9.45. The number of carbonyl (C=O) groups is 2. The van der Waals surface area contributed by atoms with E-state index in [1.54, 1.807) is 0 Å². The molecule has 3 amide bonds. The van der Waals surface area contributed by atoms with Crippen LogP contribution in [0.4, 0.5) is 4.79 Å². The monoisotopic (exact) mass is 337 g/mol. The molecule has 2 fully saturated rings. The van der Waals surface area contributed by atoms with Gasteiger partial charge in [0.15, 0.2) is 0 Å². The molecule has 1 spiro atoms. The summed E-state index contributed by atoms with van der Waals surface area (Å²) in [6.07, 6.45) is 4.76. The maximum absolute atomic E-state index is 12.5. The van der Waals surface area contributed by atoms with Gasteiger partial charge in [-0.25, -0.2) is 4.79 Å². The first kappa shape index (κ1) is 19.1. The van der Waals surface area contributed by atoms with Gasteiger partial charge in [0, 0.05) is 43.6 Å². The van der Waals surface area contributed by atoms with Crippen molar-refractivity contribution in [3.63, 3.8) is 0 Å². The molecule has 0 aromatic carbocycles. The van der Waals surface area contributed by atoms with Crippen LogP contribution in [0.5, 0.6) is 0 Å². The highest BCUT2D eigenvalue weighted by molar-refractivity contribution is 5.77. The Labute approximate surface area is 147 Å². The molecule has 0 radical (unpaired) electrons. The van der Waals surface area contributed by atoms with Gasteiger partial charge in [0.05, 0.1) is 0 Å². The Morgan fingerprint density at radius 2 is 1.96 bits per heavy atom. The van der Waals surface area contributed by atoms with Crippen LogP contribution < -0.4 is 5.32 Å². The molecule has 0 bridgehead atoms. The van der Waals surface area contributed by atoms with E-state index in [4.69, 9.17) is 0 Å². The molecule has 138 valence electrons. The summed E-state index contributed by atoms with van der Waals surface area (Å²) >= 11 is 0. The molecule has 2 rings (SSSR count). The molecule has 0 aromatic rings. The number of urea groups is 1. The summed E-state index contributed by atoms with van der Waals surface area (Å²) in [5.41, 5.74) is -0.119. The predicted octanol–water partition coefficient (Wildman–Crippen LogP) is 3.25. The molecule has 1 N–H and O–H groups in total. The van der Waals surface area contributed by atoms with Gasteiger partial charge in [0.1, 0.15) is 0 Å². The lowest BCUT2D eigenvalue weighted by atomic mass is 9.73. The van der Waals surface area contributed by atoms with Crippen LogP contribution in [0.25, 0.3) is 0 Å². The van der Waals surface area contributed by atoms with Crippen LogP contribution in [-0.4, -0.2) is 53.5 Å². The Balaban J connectivity index is 2.00. The van der Waals surface area contributed by atoms with Crippen LogP contribution in [0.3, 0.4) is 0 Å². The van der Waals surface area contributed by atoms with Crippen molar-refractivity contribution in [1.29, 1.82) is 0 Å². The molecule has 5 heteroatoms. The number of rotatable bonds is 3. The van der Waals surface area contributed by atoms with E-state index in [1.807, 2.05) is 25.7 Å². The fourth-order valence-corrected chi connectivity index (χ4v) is 3.83. The maximum Gasteiger partial charge on any atom is 0.317 e. The normalized spacial score (nSPS) is 25.5. The van der Waals surface area contributed by atoms with Gasteiger partial charge in [0.2, 0.25) is 5.91 Å². The summed E-state index contributed by atoms with van der Waals surface area (Å²) in [6.45, 7) is 13.7. The standard InChI is InChI=1S/C19H35N3O2/c1-15(2)8-12-21-13-19(10-7-16(21)23)9-6-11-22(14-19)17(24)20-18(3,4)5/h15H,6-14H2,1-5H3,(H,20,24)/t19-/m0/s1. The molecule has 2 aliphatic heterocycles. The third kappa shape index (κ3) is 5.12. The lowest BCUT2D eigenvalue weighted by Crippen LogP contribution is -2.58. The molecule has 1 atom stereocenters. The van der Waals surface area contributed by atoms with Gasteiger partial charge in [-0.3, -0.25) is 4.79 Å². The van der Waals surface area contributed by atoms with Crippen LogP contribution in [0.15, 0.2) is 0 Å². The molecule has 2 saturated heterocycles. The minimum atomic E-state index is -0.215. The van der Waals surface area contributed by atoms with E-state index in [0.717, 1.165) is 51.9 Å². The molecule has 0 unspecified atom stereocenters. The molecule has 24 heavy (non-hydrogen) atoms. The first-order chi connectivity index (χ1) is 11.1. The van der Waals surface area contributed by atoms with Crippen molar-refractivity contribution in [1.82, 2.24) is 15.1 Å². The van der Waals surface area contributed by atoms with E-state index in [2.05, 4.69) is 24.1 Å². The molecule has 2 heterocycles. The molecule has 2 aliphatic rings. The fourth-order valence-electron chi connectivity index (χ4n) is 3.83. The lowest BCUT2D eigenvalue weighted by molar-refractivity contribution is -0.139. The van der Waals surface area contributed by atoms with E-state index >= 15 is 0 Å². The quantitative estimate of drug-likeness (QED) is 0.859. The Morgan fingerprint density at radius 1 is 1.25 bits per heavy atom. The van der Waals surface area contributed by atoms with Gasteiger partial charge >= 0.3 is 6.03 Å². The zero-order valence-electron chi connectivity index (χ0n) is 16.2. The largest absolute Gasteiger partial charge is 0.342 e. The SMILES string of the molecule is CC(C)CCN1C[C@]2(CCCN(C(=O)NC(C)(C)C)C2)CCC1=O. The zero-order valence-corrected chi connectivity index (χ0v) is 16.2. The highest BCUT2D eigenvalue weighted by Gasteiger charge is 2.42. The van der Waals surface area contributed by atoms with E-state index in [-0.39, 0.29) is 22.9 Å². The Morgan fingerprint density at radius 3 is 2.58 bits per heavy atom. The number of piperidine rings is 2. The van der Waals surface area contributed by atoms with E-state index in [9.17, 15) is 9.59 Å². The molecular formula is C19H35N3O2. The van der Waals surface area contributed by atoms with Crippen molar-refractivity contribution in [3.8, 4) is 0 Å². The smallest absolute Gasteiger partial charge is 0.317 e. The molecule has 0 aromatic heterocycles. The van der Waals surface area contributed by atoms with Gasteiger partial charge in [0.25, 0.3) is 0 Å². The van der Waals surface area contributed by atoms with Crippen LogP contribution in [0, 0.1) is 11.3 Å². The summed E-state index contributed by atoms with van der Waals surface area (Å²) in [7, 11) is 0. The number of hydrogen-bond acceptors (Lipinski definition) is 2. The molecule has 5 nitrogen and oxygen atoms in total. The number of amides is 3. The average molecular weight is 338 g/mol.